The maximum Gasteiger partial charge on any atom is 0.269 e. The lowest BCUT2D eigenvalue weighted by atomic mass is 10.2. The van der Waals surface area contributed by atoms with Gasteiger partial charge in [0.25, 0.3) is 5.91 Å². The molecular formula is C20H21BrClN3O4. The summed E-state index contributed by atoms with van der Waals surface area (Å²) in [6.45, 7) is 3.80. The van der Waals surface area contributed by atoms with E-state index in [9.17, 15) is 14.4 Å². The van der Waals surface area contributed by atoms with Gasteiger partial charge in [-0.3, -0.25) is 25.2 Å². The zero-order chi connectivity index (χ0) is 21.4. The highest BCUT2D eigenvalue weighted by atomic mass is 79.9. The normalized spacial score (nSPS) is 10.4. The molecule has 0 aliphatic carbocycles. The number of amides is 3. The number of ether oxygens (including phenoxy) is 1. The Hall–Kier alpha value is -2.58. The van der Waals surface area contributed by atoms with Gasteiger partial charge in [0, 0.05) is 18.4 Å². The highest BCUT2D eigenvalue weighted by Crippen LogP contribution is 2.27. The van der Waals surface area contributed by atoms with Crippen LogP contribution in [0.2, 0.25) is 5.02 Å². The van der Waals surface area contributed by atoms with Gasteiger partial charge >= 0.3 is 0 Å². The van der Waals surface area contributed by atoms with Crippen molar-refractivity contribution < 1.29 is 19.1 Å². The minimum Gasteiger partial charge on any atom is -0.490 e. The average molecular weight is 483 g/mol. The summed E-state index contributed by atoms with van der Waals surface area (Å²) in [6, 6.07) is 11.6. The van der Waals surface area contributed by atoms with Gasteiger partial charge in [-0.15, -0.1) is 0 Å². The van der Waals surface area contributed by atoms with Gasteiger partial charge < -0.3 is 10.1 Å². The van der Waals surface area contributed by atoms with E-state index < -0.39 is 11.8 Å². The Kier molecular flexibility index (Phi) is 8.48. The number of halogens is 2. The molecule has 0 aliphatic rings. The summed E-state index contributed by atoms with van der Waals surface area (Å²) in [5, 5.41) is 3.04. The Balaban J connectivity index is 1.78. The van der Waals surface area contributed by atoms with Crippen molar-refractivity contribution in [3.8, 4) is 5.75 Å². The van der Waals surface area contributed by atoms with Crippen LogP contribution >= 0.6 is 27.5 Å². The van der Waals surface area contributed by atoms with E-state index in [4.69, 9.17) is 16.3 Å². The Morgan fingerprint density at radius 3 is 2.38 bits per heavy atom. The van der Waals surface area contributed by atoms with Crippen LogP contribution in [0.5, 0.6) is 5.75 Å². The Morgan fingerprint density at radius 1 is 1.03 bits per heavy atom. The largest absolute Gasteiger partial charge is 0.490 e. The van der Waals surface area contributed by atoms with Crippen LogP contribution in [0.1, 0.15) is 37.0 Å². The standard InChI is InChI=1S/C20H21BrClN3O4/c1-12(2)29-17-8-7-13(11-14(17)21)20(28)25-24-19(27)10-9-18(26)23-16-6-4-3-5-15(16)22/h3-8,11-12H,9-10H2,1-2H3,(H,23,26)(H,24,27)(H,25,28). The molecule has 0 aliphatic heterocycles. The SMILES string of the molecule is CC(C)Oc1ccc(C(=O)NNC(=O)CCC(=O)Nc2ccccc2Cl)cc1Br. The number of hydrogen-bond acceptors (Lipinski definition) is 4. The zero-order valence-electron chi connectivity index (χ0n) is 15.9. The third kappa shape index (κ3) is 7.40. The molecule has 0 spiro atoms. The molecule has 0 aromatic heterocycles. The van der Waals surface area contributed by atoms with Crippen molar-refractivity contribution in [1.29, 1.82) is 0 Å². The van der Waals surface area contributed by atoms with Crippen molar-refractivity contribution >= 4 is 50.9 Å². The van der Waals surface area contributed by atoms with Crippen LogP contribution in [-0.4, -0.2) is 23.8 Å². The van der Waals surface area contributed by atoms with Gasteiger partial charge in [0.05, 0.1) is 21.3 Å². The van der Waals surface area contributed by atoms with Gasteiger partial charge in [0.2, 0.25) is 11.8 Å². The molecule has 0 unspecified atom stereocenters. The van der Waals surface area contributed by atoms with Crippen molar-refractivity contribution in [1.82, 2.24) is 10.9 Å². The van der Waals surface area contributed by atoms with Gasteiger partial charge in [0.15, 0.2) is 0 Å². The Bertz CT molecular complexity index is 905. The second kappa shape index (κ2) is 10.8. The maximum atomic E-state index is 12.2. The number of nitrogens with one attached hydrogen (secondary N) is 3. The fourth-order valence-electron chi connectivity index (χ4n) is 2.26. The molecule has 7 nitrogen and oxygen atoms in total. The molecule has 2 rings (SSSR count). The zero-order valence-corrected chi connectivity index (χ0v) is 18.3. The first-order valence-electron chi connectivity index (χ1n) is 8.86. The van der Waals surface area contributed by atoms with E-state index >= 15 is 0 Å². The van der Waals surface area contributed by atoms with Crippen LogP contribution in [0.25, 0.3) is 0 Å². The minimum atomic E-state index is -0.494. The first-order valence-corrected chi connectivity index (χ1v) is 10.0. The van der Waals surface area contributed by atoms with E-state index in [1.807, 2.05) is 13.8 Å². The van der Waals surface area contributed by atoms with Gasteiger partial charge in [-0.25, -0.2) is 0 Å². The molecule has 0 saturated heterocycles. The summed E-state index contributed by atoms with van der Waals surface area (Å²) < 4.78 is 6.21. The molecule has 2 aromatic carbocycles. The molecule has 0 fully saturated rings. The molecular weight excluding hydrogens is 462 g/mol. The molecule has 2 aromatic rings. The van der Waals surface area contributed by atoms with E-state index in [0.717, 1.165) is 0 Å². The number of carbonyl (C=O) groups excluding carboxylic acids is 3. The Labute approximate surface area is 182 Å². The smallest absolute Gasteiger partial charge is 0.269 e. The number of anilines is 1. The second-order valence-corrected chi connectivity index (χ2v) is 7.60. The number of rotatable bonds is 7. The molecule has 0 atom stereocenters. The summed E-state index contributed by atoms with van der Waals surface area (Å²) in [5.74, 6) is -0.725. The number of benzene rings is 2. The van der Waals surface area contributed by atoms with Gasteiger partial charge in [0.1, 0.15) is 5.75 Å². The van der Waals surface area contributed by atoms with E-state index in [1.165, 1.54) is 0 Å². The average Bonchev–Trinajstić information content (AvgIpc) is 2.67. The highest BCUT2D eigenvalue weighted by molar-refractivity contribution is 9.10. The maximum absolute atomic E-state index is 12.2. The molecule has 154 valence electrons. The predicted octanol–water partition coefficient (Wildman–Crippen LogP) is 4.07. The van der Waals surface area contributed by atoms with Crippen LogP contribution in [-0.2, 0) is 9.59 Å². The molecule has 0 bridgehead atoms. The molecule has 29 heavy (non-hydrogen) atoms. The predicted molar refractivity (Wildman–Crippen MR) is 115 cm³/mol. The van der Waals surface area contributed by atoms with Crippen LogP contribution in [0, 0.1) is 0 Å². The molecule has 3 amide bonds. The summed E-state index contributed by atoms with van der Waals surface area (Å²) in [4.78, 5) is 36.0. The third-order valence-corrected chi connectivity index (χ3v) is 4.55. The molecule has 9 heteroatoms. The van der Waals surface area contributed by atoms with Crippen LogP contribution in [0.15, 0.2) is 46.9 Å². The number of para-hydroxylation sites is 1. The fourth-order valence-corrected chi connectivity index (χ4v) is 2.91. The first-order chi connectivity index (χ1) is 13.8. The quantitative estimate of drug-likeness (QED) is 0.518. The monoisotopic (exact) mass is 481 g/mol. The van der Waals surface area contributed by atoms with Crippen molar-refractivity contribution in [2.45, 2.75) is 32.8 Å². The van der Waals surface area contributed by atoms with Gasteiger partial charge in [-0.1, -0.05) is 23.7 Å². The lowest BCUT2D eigenvalue weighted by Gasteiger charge is -2.13. The van der Waals surface area contributed by atoms with Crippen LogP contribution in [0.3, 0.4) is 0 Å². The molecule has 3 N–H and O–H groups in total. The Morgan fingerprint density at radius 2 is 1.72 bits per heavy atom. The minimum absolute atomic E-state index is 0.000353. The van der Waals surface area contributed by atoms with E-state index in [0.29, 0.717) is 26.5 Å². The topological polar surface area (TPSA) is 96.5 Å². The van der Waals surface area contributed by atoms with Crippen LogP contribution < -0.4 is 20.9 Å². The third-order valence-electron chi connectivity index (χ3n) is 3.60. The first kappa shape index (κ1) is 22.7. The summed E-state index contributed by atoms with van der Waals surface area (Å²) >= 11 is 9.32. The van der Waals surface area contributed by atoms with E-state index in [1.54, 1.807) is 42.5 Å². The van der Waals surface area contributed by atoms with Crippen molar-refractivity contribution in [2.24, 2.45) is 0 Å². The highest BCUT2D eigenvalue weighted by Gasteiger charge is 2.12. The van der Waals surface area contributed by atoms with Crippen molar-refractivity contribution in [3.63, 3.8) is 0 Å². The lowest BCUT2D eigenvalue weighted by molar-refractivity contribution is -0.124. The second-order valence-electron chi connectivity index (χ2n) is 6.34. The number of carbonyl (C=O) groups is 3. The number of hydrazine groups is 1. The van der Waals surface area contributed by atoms with Gasteiger partial charge in [-0.05, 0) is 60.1 Å². The lowest BCUT2D eigenvalue weighted by Crippen LogP contribution is -2.41. The molecule has 0 heterocycles. The fraction of sp³-hybridized carbons (Fsp3) is 0.250. The molecule has 0 saturated carbocycles. The van der Waals surface area contributed by atoms with Gasteiger partial charge in [-0.2, -0.15) is 0 Å². The van der Waals surface area contributed by atoms with Crippen molar-refractivity contribution in [2.75, 3.05) is 5.32 Å². The summed E-state index contributed by atoms with van der Waals surface area (Å²) in [7, 11) is 0. The number of hydrogen-bond donors (Lipinski definition) is 3. The van der Waals surface area contributed by atoms with Crippen LogP contribution in [0.4, 0.5) is 5.69 Å². The van der Waals surface area contributed by atoms with E-state index in [2.05, 4.69) is 32.1 Å². The summed E-state index contributed by atoms with van der Waals surface area (Å²) in [6.07, 6.45) is -0.151. The van der Waals surface area contributed by atoms with Crippen molar-refractivity contribution in [3.05, 3.63) is 57.5 Å². The molecule has 0 radical (unpaired) electrons. The summed E-state index contributed by atoms with van der Waals surface area (Å²) in [5.41, 5.74) is 5.42. The van der Waals surface area contributed by atoms with E-state index in [-0.39, 0.29) is 24.9 Å².